The quantitative estimate of drug-likeness (QED) is 0.638. The minimum atomic E-state index is 0.00542. The lowest BCUT2D eigenvalue weighted by atomic mass is 9.72. The molecule has 2 saturated heterocycles. The van der Waals surface area contributed by atoms with E-state index in [0.717, 1.165) is 73.9 Å². The molecule has 2 N–H and O–H groups in total. The lowest BCUT2D eigenvalue weighted by Crippen LogP contribution is -2.50. The number of nitrogens with zero attached hydrogens (tertiary/aromatic N) is 6. The van der Waals surface area contributed by atoms with Gasteiger partial charge in [-0.2, -0.15) is 0 Å². The summed E-state index contributed by atoms with van der Waals surface area (Å²) in [4.78, 5) is 27.2. The third-order valence-electron chi connectivity index (χ3n) is 7.52. The molecule has 0 atom stereocenters. The number of anilines is 3. The maximum Gasteiger partial charge on any atom is 0.330 e. The van der Waals surface area contributed by atoms with Crippen molar-refractivity contribution in [1.29, 1.82) is 0 Å². The summed E-state index contributed by atoms with van der Waals surface area (Å²) in [5.74, 6) is 1.89. The summed E-state index contributed by atoms with van der Waals surface area (Å²) in [6.07, 6.45) is 6.49. The molecule has 0 radical (unpaired) electrons. The normalized spacial score (nSPS) is 18.7. The fourth-order valence-electron chi connectivity index (χ4n) is 5.74. The van der Waals surface area contributed by atoms with Gasteiger partial charge in [0.2, 0.25) is 0 Å². The van der Waals surface area contributed by atoms with Crippen LogP contribution in [-0.2, 0) is 13.6 Å². The second-order valence-electron chi connectivity index (χ2n) is 11.4. The number of pyridine rings is 2. The van der Waals surface area contributed by atoms with E-state index in [2.05, 4.69) is 47.7 Å². The number of nitrogens with two attached hydrogens (primary N) is 1. The van der Waals surface area contributed by atoms with Crippen molar-refractivity contribution in [3.05, 3.63) is 40.9 Å². The van der Waals surface area contributed by atoms with E-state index in [1.807, 2.05) is 29.9 Å². The van der Waals surface area contributed by atoms with E-state index in [1.165, 1.54) is 6.42 Å². The van der Waals surface area contributed by atoms with E-state index >= 15 is 0 Å². The fraction of sp³-hybridized carbons (Fsp3) is 0.577. The molecule has 3 aromatic rings. The van der Waals surface area contributed by atoms with Gasteiger partial charge in [-0.25, -0.2) is 14.8 Å². The van der Waals surface area contributed by atoms with Gasteiger partial charge < -0.3 is 15.5 Å². The zero-order chi connectivity index (χ0) is 24.1. The van der Waals surface area contributed by atoms with Crippen LogP contribution in [0.25, 0.3) is 11.2 Å². The first-order chi connectivity index (χ1) is 16.2. The van der Waals surface area contributed by atoms with Gasteiger partial charge >= 0.3 is 5.69 Å². The number of piperidine rings is 2. The molecule has 2 aliphatic heterocycles. The molecule has 34 heavy (non-hydrogen) atoms. The zero-order valence-electron chi connectivity index (χ0n) is 20.9. The first-order valence-corrected chi connectivity index (χ1v) is 12.4. The van der Waals surface area contributed by atoms with E-state index < -0.39 is 0 Å². The van der Waals surface area contributed by atoms with Crippen LogP contribution in [0.3, 0.4) is 0 Å². The molecule has 182 valence electrons. The summed E-state index contributed by atoms with van der Waals surface area (Å²) in [7, 11) is 1.83. The van der Waals surface area contributed by atoms with Crippen molar-refractivity contribution in [3.8, 4) is 0 Å². The molecular formula is C26H37N7O. The van der Waals surface area contributed by atoms with Gasteiger partial charge in [-0.05, 0) is 60.8 Å². The predicted octanol–water partition coefficient (Wildman–Crippen LogP) is 3.65. The molecule has 2 aliphatic rings. The molecule has 8 heteroatoms. The molecule has 0 unspecified atom stereocenters. The highest BCUT2D eigenvalue weighted by Gasteiger charge is 2.39. The molecule has 8 nitrogen and oxygen atoms in total. The largest absolute Gasteiger partial charge is 0.396 e. The molecular weight excluding hydrogens is 426 g/mol. The Morgan fingerprint density at radius 2 is 1.82 bits per heavy atom. The van der Waals surface area contributed by atoms with Crippen LogP contribution in [0.2, 0.25) is 0 Å². The van der Waals surface area contributed by atoms with E-state index in [0.29, 0.717) is 12.0 Å². The predicted molar refractivity (Wildman–Crippen MR) is 138 cm³/mol. The first-order valence-electron chi connectivity index (χ1n) is 12.4. The summed E-state index contributed by atoms with van der Waals surface area (Å²) in [5.41, 5.74) is 8.93. The Morgan fingerprint density at radius 3 is 2.53 bits per heavy atom. The Labute approximate surface area is 201 Å². The molecule has 3 aromatic heterocycles. The molecule has 0 bridgehead atoms. The van der Waals surface area contributed by atoms with Crippen LogP contribution < -0.4 is 21.2 Å². The van der Waals surface area contributed by atoms with Gasteiger partial charge in [0.05, 0.1) is 11.2 Å². The molecule has 0 amide bonds. The smallest absolute Gasteiger partial charge is 0.330 e. The Bertz CT molecular complexity index is 1240. The minimum absolute atomic E-state index is 0.00542. The van der Waals surface area contributed by atoms with Gasteiger partial charge in [0.1, 0.15) is 5.82 Å². The van der Waals surface area contributed by atoms with Gasteiger partial charge in [-0.15, -0.1) is 0 Å². The van der Waals surface area contributed by atoms with E-state index in [1.54, 1.807) is 4.57 Å². The third kappa shape index (κ3) is 4.14. The highest BCUT2D eigenvalue weighted by Crippen LogP contribution is 2.42. The molecule has 0 saturated carbocycles. The minimum Gasteiger partial charge on any atom is -0.396 e. The Kier molecular flexibility index (Phi) is 5.57. The highest BCUT2D eigenvalue weighted by atomic mass is 16.1. The first kappa shape index (κ1) is 22.7. The van der Waals surface area contributed by atoms with Gasteiger partial charge in [0.15, 0.2) is 11.5 Å². The summed E-state index contributed by atoms with van der Waals surface area (Å²) < 4.78 is 3.56. The van der Waals surface area contributed by atoms with Crippen LogP contribution in [0.5, 0.6) is 0 Å². The number of hydrogen-bond donors (Lipinski definition) is 1. The van der Waals surface area contributed by atoms with Crippen molar-refractivity contribution < 1.29 is 0 Å². The Morgan fingerprint density at radius 1 is 1.06 bits per heavy atom. The maximum atomic E-state index is 12.9. The van der Waals surface area contributed by atoms with Crippen LogP contribution >= 0.6 is 0 Å². The lowest BCUT2D eigenvalue weighted by molar-refractivity contribution is 0.178. The van der Waals surface area contributed by atoms with Crippen molar-refractivity contribution in [3.63, 3.8) is 0 Å². The average Bonchev–Trinajstić information content (AvgIpc) is 3.03. The summed E-state index contributed by atoms with van der Waals surface area (Å²) in [5, 5.41) is 0. The SMILES string of the molecule is Cn1c(=O)n(CC(C)(C)C)c2ccc(N3CCCC4(CCN(c5ncccc5N)CC4)C3)nc21. The molecule has 2 fully saturated rings. The number of imidazole rings is 1. The summed E-state index contributed by atoms with van der Waals surface area (Å²) in [6.45, 7) is 11.1. The number of aromatic nitrogens is 4. The van der Waals surface area contributed by atoms with E-state index in [4.69, 9.17) is 10.7 Å². The van der Waals surface area contributed by atoms with Crippen LogP contribution in [0.4, 0.5) is 17.3 Å². The van der Waals surface area contributed by atoms with Crippen LogP contribution in [-0.4, -0.2) is 45.3 Å². The Hall–Kier alpha value is -3.03. The van der Waals surface area contributed by atoms with Crippen LogP contribution in [0, 0.1) is 10.8 Å². The van der Waals surface area contributed by atoms with E-state index in [-0.39, 0.29) is 11.1 Å². The number of aryl methyl sites for hydroxylation is 1. The Balaban J connectivity index is 1.36. The van der Waals surface area contributed by atoms with E-state index in [9.17, 15) is 4.79 Å². The van der Waals surface area contributed by atoms with Crippen LogP contribution in [0.1, 0.15) is 46.5 Å². The van der Waals surface area contributed by atoms with Gasteiger partial charge in [0.25, 0.3) is 0 Å². The summed E-state index contributed by atoms with van der Waals surface area (Å²) in [6, 6.07) is 8.00. The van der Waals surface area contributed by atoms with Crippen molar-refractivity contribution in [1.82, 2.24) is 19.1 Å². The molecule has 5 heterocycles. The fourth-order valence-corrected chi connectivity index (χ4v) is 5.74. The highest BCUT2D eigenvalue weighted by molar-refractivity contribution is 5.74. The van der Waals surface area contributed by atoms with Crippen molar-refractivity contribution in [2.75, 3.05) is 41.7 Å². The molecule has 5 rings (SSSR count). The van der Waals surface area contributed by atoms with Crippen molar-refractivity contribution in [2.24, 2.45) is 17.9 Å². The van der Waals surface area contributed by atoms with Crippen molar-refractivity contribution in [2.45, 2.75) is 53.0 Å². The lowest BCUT2D eigenvalue weighted by Gasteiger charge is -2.48. The number of fused-ring (bicyclic) bond motifs is 1. The zero-order valence-corrected chi connectivity index (χ0v) is 20.9. The van der Waals surface area contributed by atoms with Gasteiger partial charge in [0, 0.05) is 46.0 Å². The summed E-state index contributed by atoms with van der Waals surface area (Å²) >= 11 is 0. The van der Waals surface area contributed by atoms with Crippen LogP contribution in [0.15, 0.2) is 35.3 Å². The number of nitrogen functional groups attached to an aromatic ring is 1. The standard InChI is InChI=1S/C26H37N7O/c1-25(2,3)17-33-20-8-9-21(29-23(20)30(4)24(33)34)32-14-6-10-26(18-32)11-15-31(16-12-26)22-19(27)7-5-13-28-22/h5,7-9,13H,6,10-12,14-18,27H2,1-4H3. The third-order valence-corrected chi connectivity index (χ3v) is 7.52. The molecule has 1 spiro atoms. The topological polar surface area (TPSA) is 85.2 Å². The second kappa shape index (κ2) is 8.32. The number of hydrogen-bond acceptors (Lipinski definition) is 6. The molecule has 0 aromatic carbocycles. The van der Waals surface area contributed by atoms with Gasteiger partial charge in [-0.1, -0.05) is 20.8 Å². The monoisotopic (exact) mass is 463 g/mol. The second-order valence-corrected chi connectivity index (χ2v) is 11.4. The average molecular weight is 464 g/mol. The van der Waals surface area contributed by atoms with Crippen molar-refractivity contribution >= 4 is 28.5 Å². The molecule has 0 aliphatic carbocycles. The number of rotatable bonds is 3. The van der Waals surface area contributed by atoms with Gasteiger partial charge in [-0.3, -0.25) is 9.13 Å². The maximum absolute atomic E-state index is 12.9.